The molecule has 0 radical (unpaired) electrons. The molecule has 108 heavy (non-hydrogen) atoms. The Bertz CT molecular complexity index is 3770. The fourth-order valence-corrected chi connectivity index (χ4v) is 9.47. The molecule has 0 saturated carbocycles. The Hall–Kier alpha value is -9.49. The topological polar surface area (TPSA) is 90.2 Å². The fraction of sp³-hybridized carbons (Fsp3) is 0.379. The normalized spacial score (nSPS) is 10.4. The van der Waals surface area contributed by atoms with Crippen molar-refractivity contribution in [1.29, 1.82) is 0 Å². The molecule has 13 heteroatoms. The van der Waals surface area contributed by atoms with Crippen LogP contribution >= 0.6 is 0 Å². The van der Waals surface area contributed by atoms with E-state index >= 15 is 0 Å². The van der Waals surface area contributed by atoms with Gasteiger partial charge in [0.05, 0.1) is 6.20 Å². The van der Waals surface area contributed by atoms with Gasteiger partial charge in [-0.25, -0.2) is 26.9 Å². The molecule has 0 unspecified atom stereocenters. The highest BCUT2D eigenvalue weighted by atomic mass is 19.2. The Morgan fingerprint density at radius 2 is 0.694 bits per heavy atom. The fourth-order valence-electron chi connectivity index (χ4n) is 9.47. The van der Waals surface area contributed by atoms with E-state index in [1.807, 2.05) is 155 Å². The summed E-state index contributed by atoms with van der Waals surface area (Å²) in [7, 11) is 0. The molecule has 0 spiro atoms. The van der Waals surface area contributed by atoms with Crippen molar-refractivity contribution in [1.82, 2.24) is 34.9 Å². The first-order valence-electron chi connectivity index (χ1n) is 37.8. The molecule has 11 aromatic rings. The standard InChI is InChI=1S/C9H10F2.2C9H11F.3C9H13N.C9H12.2C8H10FN.2C8H11N/c1-6(2)7-4-3-5-8(10)9(7)11;1-7(2)8-4-3-5-9(10)6-8;1-7(2)8-5-3-4-6-9(8)10;1-7(2)9-5-4-8(3)10-6-9;1-7(2)9-5-4-6-10-8(9)3;1-7(2)9-6-4-5-8(3)10-9;1-8(2)9-6-4-3-5-7-9;1-6(2)7-3-8(9)5-10-4-7;1-6(2)7-4-3-5-10-8(7)9;1-7(2)8-3-5-9-6-4-8;1-7(2)8-4-3-5-9-6-8/h3-6H,1-2H3;2*3-7H,1-2H3;3*4-7H,1-3H3;3-8H,1-2H3;2*3-6H,1-2H3;2*3-7H,1-2H3. The number of hydrogen-bond donors (Lipinski definition) is 0. The van der Waals surface area contributed by atoms with E-state index in [1.165, 1.54) is 70.2 Å². The van der Waals surface area contributed by atoms with E-state index < -0.39 is 11.6 Å². The van der Waals surface area contributed by atoms with E-state index in [1.54, 1.807) is 48.8 Å². The van der Waals surface area contributed by atoms with Crippen LogP contribution in [0.1, 0.15) is 296 Å². The van der Waals surface area contributed by atoms with Gasteiger partial charge in [-0.3, -0.25) is 29.9 Å². The first kappa shape index (κ1) is 96.5. The molecule has 582 valence electrons. The average Bonchev–Trinajstić information content (AvgIpc) is 0.858. The molecule has 0 aliphatic carbocycles. The molecule has 7 aromatic heterocycles. The summed E-state index contributed by atoms with van der Waals surface area (Å²) in [6.45, 7) is 51.8. The van der Waals surface area contributed by atoms with Crippen molar-refractivity contribution in [2.24, 2.45) is 0 Å². The zero-order chi connectivity index (χ0) is 81.4. The van der Waals surface area contributed by atoms with Crippen LogP contribution in [0.3, 0.4) is 0 Å². The number of pyridine rings is 7. The number of benzene rings is 4. The highest BCUT2D eigenvalue weighted by Gasteiger charge is 2.11. The number of halogens is 6. The predicted octanol–water partition coefficient (Wildman–Crippen LogP) is 28.4. The van der Waals surface area contributed by atoms with Gasteiger partial charge in [-0.15, -0.1) is 0 Å². The lowest BCUT2D eigenvalue weighted by molar-refractivity contribution is 0.494. The first-order valence-corrected chi connectivity index (χ1v) is 37.8. The molecule has 11 rings (SSSR count). The van der Waals surface area contributed by atoms with Crippen LogP contribution in [0.2, 0.25) is 0 Å². The van der Waals surface area contributed by atoms with E-state index in [0.29, 0.717) is 58.5 Å². The van der Waals surface area contributed by atoms with Gasteiger partial charge in [0.2, 0.25) is 5.95 Å². The van der Waals surface area contributed by atoms with Crippen LogP contribution in [0.5, 0.6) is 0 Å². The SMILES string of the molecule is CC(C)c1cccc(F)c1.CC(C)c1cccc(F)c1F.CC(C)c1ccccc1.CC(C)c1ccccc1F.CC(C)c1cccnc1.CC(C)c1cccnc1F.CC(C)c1ccncc1.CC(C)c1cncc(F)c1.Cc1ccc(C(C)C)cn1.Cc1cccc(C(C)C)n1.Cc1ncccc1C(C)C. The summed E-state index contributed by atoms with van der Waals surface area (Å²) in [4.78, 5) is 28.0. The van der Waals surface area contributed by atoms with Crippen molar-refractivity contribution in [2.75, 3.05) is 0 Å². The zero-order valence-electron chi connectivity index (χ0n) is 69.3. The largest absolute Gasteiger partial charge is 0.265 e. The number of hydrogen-bond acceptors (Lipinski definition) is 7. The molecule has 0 aliphatic rings. The van der Waals surface area contributed by atoms with Crippen LogP contribution in [0.15, 0.2) is 238 Å². The Morgan fingerprint density at radius 3 is 1.07 bits per heavy atom. The zero-order valence-corrected chi connectivity index (χ0v) is 69.3. The van der Waals surface area contributed by atoms with Gasteiger partial charge in [-0.05, 0) is 215 Å². The molecule has 0 bridgehead atoms. The monoisotopic (exact) mass is 1480 g/mol. The van der Waals surface area contributed by atoms with Gasteiger partial charge >= 0.3 is 0 Å². The molecular formula is C95H125F6N7. The second-order valence-electron chi connectivity index (χ2n) is 29.3. The van der Waals surface area contributed by atoms with Crippen molar-refractivity contribution in [3.8, 4) is 0 Å². The summed E-state index contributed by atoms with van der Waals surface area (Å²) >= 11 is 0. The Labute approximate surface area is 647 Å². The smallest absolute Gasteiger partial charge is 0.216 e. The van der Waals surface area contributed by atoms with Crippen LogP contribution in [0.25, 0.3) is 0 Å². The van der Waals surface area contributed by atoms with Gasteiger partial charge in [0.1, 0.15) is 17.5 Å². The lowest BCUT2D eigenvalue weighted by atomic mass is 10.0. The number of aromatic nitrogens is 7. The molecule has 0 aliphatic heterocycles. The maximum atomic E-state index is 12.9. The van der Waals surface area contributed by atoms with E-state index in [0.717, 1.165) is 39.8 Å². The summed E-state index contributed by atoms with van der Waals surface area (Å²) < 4.78 is 76.0. The first-order chi connectivity index (χ1) is 51.0. The van der Waals surface area contributed by atoms with Crippen LogP contribution in [0.4, 0.5) is 26.3 Å². The minimum absolute atomic E-state index is 0.0331. The van der Waals surface area contributed by atoms with Crippen LogP contribution < -0.4 is 0 Å². The van der Waals surface area contributed by atoms with Crippen molar-refractivity contribution < 1.29 is 26.3 Å². The van der Waals surface area contributed by atoms with E-state index in [4.69, 9.17) is 0 Å². The average molecular weight is 1480 g/mol. The molecule has 0 fully saturated rings. The summed E-state index contributed by atoms with van der Waals surface area (Å²) in [5, 5.41) is 0. The van der Waals surface area contributed by atoms with Gasteiger partial charge < -0.3 is 0 Å². The molecule has 0 N–H and O–H groups in total. The second-order valence-corrected chi connectivity index (χ2v) is 29.3. The minimum Gasteiger partial charge on any atom is -0.265 e. The number of aryl methyl sites for hydroxylation is 3. The van der Waals surface area contributed by atoms with Crippen LogP contribution in [0, 0.1) is 55.8 Å². The minimum atomic E-state index is -0.767. The lowest BCUT2D eigenvalue weighted by Gasteiger charge is -2.06. The predicted molar refractivity (Wildman–Crippen MR) is 444 cm³/mol. The Morgan fingerprint density at radius 1 is 0.250 bits per heavy atom. The molecular weight excluding hydrogens is 1350 g/mol. The Kier molecular flexibility index (Phi) is 48.4. The molecule has 7 nitrogen and oxygen atoms in total. The van der Waals surface area contributed by atoms with Crippen molar-refractivity contribution in [3.63, 3.8) is 0 Å². The van der Waals surface area contributed by atoms with E-state index in [2.05, 4.69) is 199 Å². The van der Waals surface area contributed by atoms with Gasteiger partial charge in [-0.1, -0.05) is 255 Å². The summed E-state index contributed by atoms with van der Waals surface area (Å²) in [5.41, 5.74) is 15.2. The molecule has 0 atom stereocenters. The summed E-state index contributed by atoms with van der Waals surface area (Å²) in [6, 6.07) is 56.0. The number of rotatable bonds is 11. The highest BCUT2D eigenvalue weighted by Crippen LogP contribution is 2.23. The third-order valence-electron chi connectivity index (χ3n) is 16.4. The maximum absolute atomic E-state index is 12.9. The third kappa shape index (κ3) is 41.6. The molecule has 0 amide bonds. The van der Waals surface area contributed by atoms with Gasteiger partial charge in [0.25, 0.3) is 0 Å². The van der Waals surface area contributed by atoms with Gasteiger partial charge in [0.15, 0.2) is 11.6 Å². The third-order valence-corrected chi connectivity index (χ3v) is 16.4. The van der Waals surface area contributed by atoms with Gasteiger partial charge in [0, 0.05) is 77.9 Å². The highest BCUT2D eigenvalue weighted by molar-refractivity contribution is 5.25. The van der Waals surface area contributed by atoms with Crippen LogP contribution in [-0.2, 0) is 0 Å². The van der Waals surface area contributed by atoms with Crippen LogP contribution in [-0.4, -0.2) is 34.9 Å². The maximum Gasteiger partial charge on any atom is 0.216 e. The number of nitrogens with zero attached hydrogens (tertiary/aromatic N) is 7. The second kappa shape index (κ2) is 54.1. The van der Waals surface area contributed by atoms with E-state index in [9.17, 15) is 26.3 Å². The van der Waals surface area contributed by atoms with Crippen molar-refractivity contribution in [2.45, 2.75) is 238 Å². The molecule has 4 aromatic carbocycles. The quantitative estimate of drug-likeness (QED) is 0.0941. The summed E-state index contributed by atoms with van der Waals surface area (Å²) in [6.07, 6.45) is 15.5. The van der Waals surface area contributed by atoms with E-state index in [-0.39, 0.29) is 41.2 Å². The lowest BCUT2D eigenvalue weighted by Crippen LogP contribution is -1.95. The molecule has 0 saturated heterocycles. The molecule has 7 heterocycles. The van der Waals surface area contributed by atoms with Gasteiger partial charge in [-0.2, -0.15) is 4.39 Å². The summed E-state index contributed by atoms with van der Waals surface area (Å²) in [5.74, 6) is 2.55. The van der Waals surface area contributed by atoms with Crippen molar-refractivity contribution in [3.05, 3.63) is 351 Å². The van der Waals surface area contributed by atoms with Crippen molar-refractivity contribution >= 4 is 0 Å². The Balaban J connectivity index is 0.000000594.